The van der Waals surface area contributed by atoms with Crippen molar-refractivity contribution in [2.24, 2.45) is 5.10 Å². The van der Waals surface area contributed by atoms with Crippen LogP contribution in [0.4, 0.5) is 5.69 Å². The second-order valence-electron chi connectivity index (χ2n) is 9.14. The smallest absolute Gasteiger partial charge is 0.0720 e. The van der Waals surface area contributed by atoms with Gasteiger partial charge < -0.3 is 0 Å². The fraction of sp³-hybridized carbons (Fsp3) is 0.393. The van der Waals surface area contributed by atoms with E-state index < -0.39 is 0 Å². The van der Waals surface area contributed by atoms with Crippen molar-refractivity contribution >= 4 is 11.4 Å². The van der Waals surface area contributed by atoms with Crippen LogP contribution in [-0.4, -0.2) is 5.71 Å². The lowest BCUT2D eigenvalue weighted by Crippen LogP contribution is -2.09. The number of nitrogens with zero attached hydrogens (tertiary/aromatic N) is 1. The predicted octanol–water partition coefficient (Wildman–Crippen LogP) is 8.20. The normalized spacial score (nSPS) is 15.0. The molecule has 0 amide bonds. The summed E-state index contributed by atoms with van der Waals surface area (Å²) in [7, 11) is 0. The number of nitrogens with one attached hydrogen (secondary N) is 1. The fourth-order valence-electron chi connectivity index (χ4n) is 4.21. The number of rotatable bonds is 7. The Bertz CT molecular complexity index is 962. The molecule has 0 unspecified atom stereocenters. The van der Waals surface area contributed by atoms with E-state index in [1.807, 2.05) is 0 Å². The SMILES string of the molecule is CC1=C(C)C(C)=C(CC(=NNc2c(C(C)C)cccc2C(C)C)c2ccccc2)C1. The van der Waals surface area contributed by atoms with Crippen LogP contribution in [0.2, 0.25) is 0 Å². The van der Waals surface area contributed by atoms with Gasteiger partial charge in [-0.1, -0.05) is 87.4 Å². The van der Waals surface area contributed by atoms with Crippen LogP contribution in [0.1, 0.15) is 89.8 Å². The Hall–Kier alpha value is -2.61. The lowest BCUT2D eigenvalue weighted by atomic mass is 9.93. The molecule has 2 aromatic rings. The second kappa shape index (κ2) is 9.47. The predicted molar refractivity (Wildman–Crippen MR) is 132 cm³/mol. The second-order valence-corrected chi connectivity index (χ2v) is 9.14. The van der Waals surface area contributed by atoms with Crippen molar-refractivity contribution in [1.82, 2.24) is 0 Å². The van der Waals surface area contributed by atoms with Gasteiger partial charge in [-0.15, -0.1) is 0 Å². The molecule has 0 spiro atoms. The summed E-state index contributed by atoms with van der Waals surface area (Å²) in [6.45, 7) is 15.7. The van der Waals surface area contributed by atoms with Crippen molar-refractivity contribution in [3.8, 4) is 0 Å². The molecule has 1 aliphatic carbocycles. The number of hydrogen-bond acceptors (Lipinski definition) is 2. The third-order valence-corrected chi connectivity index (χ3v) is 6.37. The van der Waals surface area contributed by atoms with Gasteiger partial charge in [-0.2, -0.15) is 5.10 Å². The molecule has 0 bridgehead atoms. The quantitative estimate of drug-likeness (QED) is 0.367. The highest BCUT2D eigenvalue weighted by atomic mass is 15.3. The molecule has 0 saturated heterocycles. The molecule has 0 heterocycles. The molecule has 158 valence electrons. The number of benzene rings is 2. The van der Waals surface area contributed by atoms with E-state index >= 15 is 0 Å². The fourth-order valence-corrected chi connectivity index (χ4v) is 4.21. The largest absolute Gasteiger partial charge is 0.278 e. The third-order valence-electron chi connectivity index (χ3n) is 6.37. The molecule has 1 N–H and O–H groups in total. The number of anilines is 1. The maximum Gasteiger partial charge on any atom is 0.0720 e. The van der Waals surface area contributed by atoms with Crippen LogP contribution in [0, 0.1) is 0 Å². The minimum atomic E-state index is 0.441. The molecular weight excluding hydrogens is 364 g/mol. The Morgan fingerprint density at radius 3 is 1.93 bits per heavy atom. The van der Waals surface area contributed by atoms with Gasteiger partial charge >= 0.3 is 0 Å². The van der Waals surface area contributed by atoms with E-state index in [4.69, 9.17) is 5.10 Å². The summed E-state index contributed by atoms with van der Waals surface area (Å²) in [6, 6.07) is 17.2. The summed E-state index contributed by atoms with van der Waals surface area (Å²) in [5.74, 6) is 0.881. The molecular formula is C28H36N2. The van der Waals surface area contributed by atoms with Crippen molar-refractivity contribution in [3.63, 3.8) is 0 Å². The Morgan fingerprint density at radius 1 is 0.833 bits per heavy atom. The van der Waals surface area contributed by atoms with Gasteiger partial charge in [0, 0.05) is 6.42 Å². The summed E-state index contributed by atoms with van der Waals surface area (Å²) in [6.07, 6.45) is 1.93. The van der Waals surface area contributed by atoms with Crippen LogP contribution in [0.25, 0.3) is 0 Å². The summed E-state index contributed by atoms with van der Waals surface area (Å²) in [5, 5.41) is 5.01. The van der Waals surface area contributed by atoms with E-state index in [9.17, 15) is 0 Å². The zero-order chi connectivity index (χ0) is 21.8. The van der Waals surface area contributed by atoms with Gasteiger partial charge in [0.2, 0.25) is 0 Å². The van der Waals surface area contributed by atoms with Crippen LogP contribution in [0.5, 0.6) is 0 Å². The Morgan fingerprint density at radius 2 is 1.43 bits per heavy atom. The first-order valence-corrected chi connectivity index (χ1v) is 11.2. The lowest BCUT2D eigenvalue weighted by Gasteiger charge is -2.19. The Balaban J connectivity index is 2.01. The minimum absolute atomic E-state index is 0.441. The summed E-state index contributed by atoms with van der Waals surface area (Å²) >= 11 is 0. The van der Waals surface area contributed by atoms with Crippen LogP contribution in [-0.2, 0) is 0 Å². The molecule has 2 nitrogen and oxygen atoms in total. The minimum Gasteiger partial charge on any atom is -0.278 e. The monoisotopic (exact) mass is 400 g/mol. The van der Waals surface area contributed by atoms with E-state index in [1.165, 1.54) is 44.7 Å². The van der Waals surface area contributed by atoms with Crippen LogP contribution < -0.4 is 5.43 Å². The third kappa shape index (κ3) is 4.75. The molecule has 2 aromatic carbocycles. The van der Waals surface area contributed by atoms with E-state index in [2.05, 4.69) is 102 Å². The molecule has 0 aliphatic heterocycles. The maximum atomic E-state index is 5.01. The van der Waals surface area contributed by atoms with Gasteiger partial charge in [0.05, 0.1) is 11.4 Å². The van der Waals surface area contributed by atoms with E-state index in [-0.39, 0.29) is 0 Å². The molecule has 0 radical (unpaired) electrons. The van der Waals surface area contributed by atoms with Crippen molar-refractivity contribution in [1.29, 1.82) is 0 Å². The highest BCUT2D eigenvalue weighted by Gasteiger charge is 2.19. The van der Waals surface area contributed by atoms with Gasteiger partial charge in [-0.05, 0) is 66.9 Å². The van der Waals surface area contributed by atoms with Crippen molar-refractivity contribution in [2.45, 2.75) is 73.1 Å². The zero-order valence-corrected chi connectivity index (χ0v) is 19.6. The first-order chi connectivity index (χ1) is 14.3. The van der Waals surface area contributed by atoms with Crippen LogP contribution in [0.15, 0.2) is 75.9 Å². The van der Waals surface area contributed by atoms with Crippen molar-refractivity contribution < 1.29 is 0 Å². The summed E-state index contributed by atoms with van der Waals surface area (Å²) < 4.78 is 0. The number of allylic oxidation sites excluding steroid dienone is 4. The maximum absolute atomic E-state index is 5.01. The first kappa shape index (κ1) is 22.1. The average molecular weight is 401 g/mol. The van der Waals surface area contributed by atoms with Gasteiger partial charge in [0.25, 0.3) is 0 Å². The Labute approximate surface area is 182 Å². The molecule has 0 fully saturated rings. The molecule has 2 heteroatoms. The molecule has 1 aliphatic rings. The highest BCUT2D eigenvalue weighted by Crippen LogP contribution is 2.35. The topological polar surface area (TPSA) is 24.4 Å². The van der Waals surface area contributed by atoms with E-state index in [0.29, 0.717) is 11.8 Å². The highest BCUT2D eigenvalue weighted by molar-refractivity contribution is 6.02. The van der Waals surface area contributed by atoms with Crippen LogP contribution >= 0.6 is 0 Å². The molecule has 30 heavy (non-hydrogen) atoms. The molecule has 0 atom stereocenters. The number of hydrazone groups is 1. The number of para-hydroxylation sites is 1. The van der Waals surface area contributed by atoms with Gasteiger partial charge in [0.1, 0.15) is 0 Å². The summed E-state index contributed by atoms with van der Waals surface area (Å²) in [4.78, 5) is 0. The van der Waals surface area contributed by atoms with Crippen molar-refractivity contribution in [3.05, 3.63) is 87.5 Å². The standard InChI is InChI=1S/C28H36N2/c1-18(2)25-14-11-15-26(19(3)4)28(25)30-29-27(23-12-9-8-10-13-23)17-24-16-20(5)21(6)22(24)7/h8-15,18-19,30H,16-17H2,1-7H3. The average Bonchev–Trinajstić information content (AvgIpc) is 2.97. The van der Waals surface area contributed by atoms with Gasteiger partial charge in [0.15, 0.2) is 0 Å². The molecule has 0 saturated carbocycles. The van der Waals surface area contributed by atoms with Gasteiger partial charge in [-0.3, -0.25) is 5.43 Å². The Kier molecular flexibility index (Phi) is 6.97. The zero-order valence-electron chi connectivity index (χ0n) is 19.6. The first-order valence-electron chi connectivity index (χ1n) is 11.2. The lowest BCUT2D eigenvalue weighted by molar-refractivity contribution is 0.835. The molecule has 0 aromatic heterocycles. The number of hydrogen-bond donors (Lipinski definition) is 1. The van der Waals surface area contributed by atoms with Crippen LogP contribution in [0.3, 0.4) is 0 Å². The summed E-state index contributed by atoms with van der Waals surface area (Å²) in [5.41, 5.74) is 15.4. The van der Waals surface area contributed by atoms with E-state index in [1.54, 1.807) is 0 Å². The molecule has 3 rings (SSSR count). The van der Waals surface area contributed by atoms with E-state index in [0.717, 1.165) is 18.6 Å². The van der Waals surface area contributed by atoms with Gasteiger partial charge in [-0.25, -0.2) is 0 Å². The van der Waals surface area contributed by atoms with Crippen molar-refractivity contribution in [2.75, 3.05) is 5.43 Å².